The lowest BCUT2D eigenvalue weighted by atomic mass is 10.2. The number of carbonyl (C=O) groups is 1. The minimum Gasteiger partial charge on any atom is -0.345 e. The molecule has 1 fully saturated rings. The molecule has 0 aromatic carbocycles. The van der Waals surface area contributed by atoms with Crippen LogP contribution in [0.2, 0.25) is 0 Å². The lowest BCUT2D eigenvalue weighted by Gasteiger charge is -2.24. The minimum atomic E-state index is 0.161. The molecule has 1 aliphatic rings. The van der Waals surface area contributed by atoms with Crippen molar-refractivity contribution in [2.45, 2.75) is 32.7 Å². The second-order valence-electron chi connectivity index (χ2n) is 5.24. The fourth-order valence-corrected chi connectivity index (χ4v) is 2.59. The number of amides is 1. The van der Waals surface area contributed by atoms with E-state index in [1.165, 1.54) is 0 Å². The van der Waals surface area contributed by atoms with E-state index in [4.69, 9.17) is 0 Å². The van der Waals surface area contributed by atoms with Crippen molar-refractivity contribution in [3.8, 4) is 0 Å². The molecule has 3 nitrogen and oxygen atoms in total. The summed E-state index contributed by atoms with van der Waals surface area (Å²) in [6.07, 6.45) is 4.24. The maximum Gasteiger partial charge on any atom is 0.270 e. The number of rotatable bonds is 4. The second-order valence-corrected chi connectivity index (χ2v) is 6.15. The lowest BCUT2D eigenvalue weighted by molar-refractivity contribution is 0.0713. The van der Waals surface area contributed by atoms with Gasteiger partial charge in [-0.1, -0.05) is 13.8 Å². The monoisotopic (exact) mass is 298 g/mol. The third-order valence-corrected chi connectivity index (χ3v) is 3.43. The Morgan fingerprint density at radius 1 is 1.59 bits per heavy atom. The number of halogens is 1. The molecule has 0 bridgehead atoms. The first-order valence-corrected chi connectivity index (χ1v) is 6.91. The topological polar surface area (TPSA) is 25.2 Å². The average Bonchev–Trinajstić information content (AvgIpc) is 3.00. The summed E-state index contributed by atoms with van der Waals surface area (Å²) >= 11 is 3.41. The molecule has 1 heterocycles. The summed E-state index contributed by atoms with van der Waals surface area (Å²) < 4.78 is 2.85. The van der Waals surface area contributed by atoms with Crippen LogP contribution < -0.4 is 0 Å². The van der Waals surface area contributed by atoms with Gasteiger partial charge in [0, 0.05) is 30.3 Å². The molecule has 0 aliphatic heterocycles. The Morgan fingerprint density at radius 3 is 2.65 bits per heavy atom. The highest BCUT2D eigenvalue weighted by Crippen LogP contribution is 2.29. The van der Waals surface area contributed by atoms with E-state index in [9.17, 15) is 4.79 Å². The van der Waals surface area contributed by atoms with Gasteiger partial charge in [0.05, 0.1) is 0 Å². The molecule has 0 spiro atoms. The molecule has 1 aromatic heterocycles. The molecule has 0 saturated heterocycles. The third-order valence-electron chi connectivity index (χ3n) is 3.00. The summed E-state index contributed by atoms with van der Waals surface area (Å²) in [4.78, 5) is 14.5. The van der Waals surface area contributed by atoms with Crippen LogP contribution in [-0.2, 0) is 7.05 Å². The predicted molar refractivity (Wildman–Crippen MR) is 72.0 cm³/mol. The van der Waals surface area contributed by atoms with E-state index >= 15 is 0 Å². The standard InChI is InChI=1S/C13H19BrN2O/c1-9(2)7-16(11-4-5-11)13(17)12-6-10(14)8-15(12)3/h6,8-9,11H,4-5,7H2,1-3H3. The van der Waals surface area contributed by atoms with Crippen molar-refractivity contribution in [2.75, 3.05) is 6.54 Å². The molecule has 17 heavy (non-hydrogen) atoms. The lowest BCUT2D eigenvalue weighted by Crippen LogP contribution is -2.37. The van der Waals surface area contributed by atoms with Crippen LogP contribution in [0.5, 0.6) is 0 Å². The number of hydrogen-bond acceptors (Lipinski definition) is 1. The van der Waals surface area contributed by atoms with E-state index in [-0.39, 0.29) is 5.91 Å². The maximum atomic E-state index is 12.5. The Morgan fingerprint density at radius 2 is 2.24 bits per heavy atom. The van der Waals surface area contributed by atoms with Gasteiger partial charge in [-0.2, -0.15) is 0 Å². The van der Waals surface area contributed by atoms with Crippen molar-refractivity contribution in [3.05, 3.63) is 22.4 Å². The highest BCUT2D eigenvalue weighted by atomic mass is 79.9. The zero-order chi connectivity index (χ0) is 12.6. The number of carbonyl (C=O) groups excluding carboxylic acids is 1. The van der Waals surface area contributed by atoms with Gasteiger partial charge in [-0.05, 0) is 40.8 Å². The third kappa shape index (κ3) is 2.92. The van der Waals surface area contributed by atoms with Gasteiger partial charge >= 0.3 is 0 Å². The summed E-state index contributed by atoms with van der Waals surface area (Å²) in [6, 6.07) is 2.37. The van der Waals surface area contributed by atoms with Gasteiger partial charge in [-0.3, -0.25) is 4.79 Å². The van der Waals surface area contributed by atoms with Crippen molar-refractivity contribution < 1.29 is 4.79 Å². The summed E-state index contributed by atoms with van der Waals surface area (Å²) in [5.41, 5.74) is 0.768. The van der Waals surface area contributed by atoms with Crippen molar-refractivity contribution in [1.82, 2.24) is 9.47 Å². The van der Waals surface area contributed by atoms with Crippen LogP contribution in [-0.4, -0.2) is 28.0 Å². The summed E-state index contributed by atoms with van der Waals surface area (Å²) in [5, 5.41) is 0. The van der Waals surface area contributed by atoms with E-state index < -0.39 is 0 Å². The quantitative estimate of drug-likeness (QED) is 0.839. The van der Waals surface area contributed by atoms with E-state index in [1.54, 1.807) is 0 Å². The maximum absolute atomic E-state index is 12.5. The molecular weight excluding hydrogens is 280 g/mol. The largest absolute Gasteiger partial charge is 0.345 e. The van der Waals surface area contributed by atoms with Crippen LogP contribution in [0.3, 0.4) is 0 Å². The fraction of sp³-hybridized carbons (Fsp3) is 0.615. The Labute approximate surface area is 111 Å². The summed E-state index contributed by atoms with van der Waals surface area (Å²) in [7, 11) is 1.92. The molecular formula is C13H19BrN2O. The number of aromatic nitrogens is 1. The molecule has 2 rings (SSSR count). The van der Waals surface area contributed by atoms with Crippen molar-refractivity contribution in [2.24, 2.45) is 13.0 Å². The molecule has 94 valence electrons. The van der Waals surface area contributed by atoms with E-state index in [1.807, 2.05) is 28.8 Å². The van der Waals surface area contributed by atoms with Crippen molar-refractivity contribution in [1.29, 1.82) is 0 Å². The molecule has 1 aliphatic carbocycles. The Bertz CT molecular complexity index is 421. The fourth-order valence-electron chi connectivity index (χ4n) is 2.06. The first-order valence-electron chi connectivity index (χ1n) is 6.12. The van der Waals surface area contributed by atoms with Gasteiger partial charge in [0.2, 0.25) is 0 Å². The van der Waals surface area contributed by atoms with E-state index in [0.717, 1.165) is 29.6 Å². The molecule has 0 N–H and O–H groups in total. The Hall–Kier alpha value is -0.770. The first kappa shape index (κ1) is 12.7. The first-order chi connectivity index (χ1) is 7.99. The predicted octanol–water partition coefficient (Wildman–Crippen LogP) is 3.05. The van der Waals surface area contributed by atoms with Crippen LogP contribution in [0.4, 0.5) is 0 Å². The van der Waals surface area contributed by atoms with Gasteiger partial charge in [-0.25, -0.2) is 0 Å². The molecule has 1 saturated carbocycles. The van der Waals surface area contributed by atoms with Crippen LogP contribution in [0, 0.1) is 5.92 Å². The van der Waals surface area contributed by atoms with Crippen LogP contribution in [0.25, 0.3) is 0 Å². The average molecular weight is 299 g/mol. The molecule has 1 amide bonds. The summed E-state index contributed by atoms with van der Waals surface area (Å²) in [5.74, 6) is 0.678. The number of aryl methyl sites for hydroxylation is 1. The highest BCUT2D eigenvalue weighted by molar-refractivity contribution is 9.10. The number of hydrogen-bond donors (Lipinski definition) is 0. The molecule has 0 unspecified atom stereocenters. The van der Waals surface area contributed by atoms with Gasteiger partial charge < -0.3 is 9.47 Å². The smallest absolute Gasteiger partial charge is 0.270 e. The molecule has 0 radical (unpaired) electrons. The van der Waals surface area contributed by atoms with Crippen LogP contribution >= 0.6 is 15.9 Å². The zero-order valence-corrected chi connectivity index (χ0v) is 12.2. The second kappa shape index (κ2) is 4.84. The number of nitrogens with zero attached hydrogens (tertiary/aromatic N) is 2. The van der Waals surface area contributed by atoms with Crippen molar-refractivity contribution >= 4 is 21.8 Å². The normalized spacial score (nSPS) is 15.4. The highest BCUT2D eigenvalue weighted by Gasteiger charge is 2.34. The SMILES string of the molecule is CC(C)CN(C(=O)c1cc(Br)cn1C)C1CC1. The van der Waals surface area contributed by atoms with Crippen LogP contribution in [0.1, 0.15) is 37.2 Å². The van der Waals surface area contributed by atoms with Gasteiger partial charge in [0.25, 0.3) is 5.91 Å². The molecule has 1 aromatic rings. The molecule has 4 heteroatoms. The zero-order valence-electron chi connectivity index (χ0n) is 10.6. The van der Waals surface area contributed by atoms with Crippen molar-refractivity contribution in [3.63, 3.8) is 0 Å². The Balaban J connectivity index is 2.18. The van der Waals surface area contributed by atoms with Crippen LogP contribution in [0.15, 0.2) is 16.7 Å². The van der Waals surface area contributed by atoms with E-state index in [2.05, 4.69) is 29.8 Å². The Kier molecular flexibility index (Phi) is 3.61. The van der Waals surface area contributed by atoms with Gasteiger partial charge in [0.15, 0.2) is 0 Å². The van der Waals surface area contributed by atoms with Gasteiger partial charge in [0.1, 0.15) is 5.69 Å². The van der Waals surface area contributed by atoms with Gasteiger partial charge in [-0.15, -0.1) is 0 Å². The molecule has 0 atom stereocenters. The van der Waals surface area contributed by atoms with E-state index in [0.29, 0.717) is 12.0 Å². The summed E-state index contributed by atoms with van der Waals surface area (Å²) in [6.45, 7) is 5.17. The minimum absolute atomic E-state index is 0.161.